The highest BCUT2D eigenvalue weighted by molar-refractivity contribution is 6.06. The average Bonchev–Trinajstić information content (AvgIpc) is 3.17. The zero-order valence-electron chi connectivity index (χ0n) is 16.9. The molecule has 0 radical (unpaired) electrons. The third-order valence-corrected chi connectivity index (χ3v) is 4.46. The lowest BCUT2D eigenvalue weighted by atomic mass is 10.1. The summed E-state index contributed by atoms with van der Waals surface area (Å²) in [4.78, 5) is 16.1. The topological polar surface area (TPSA) is 91.3 Å². The molecule has 0 aliphatic heterocycles. The van der Waals surface area contributed by atoms with Crippen molar-refractivity contribution >= 4 is 21.9 Å². The highest BCUT2D eigenvalue weighted by atomic mass is 17.1. The van der Waals surface area contributed by atoms with E-state index in [0.29, 0.717) is 28.9 Å². The average molecular weight is 400 g/mol. The summed E-state index contributed by atoms with van der Waals surface area (Å²) in [5.41, 5.74) is 0.577. The lowest BCUT2D eigenvalue weighted by Gasteiger charge is -2.14. The van der Waals surface area contributed by atoms with Crippen molar-refractivity contribution in [1.29, 1.82) is 0 Å². The van der Waals surface area contributed by atoms with E-state index >= 15 is 0 Å². The predicted octanol–water partition coefficient (Wildman–Crippen LogP) is 5.09. The molecular formula is C22H24O7. The van der Waals surface area contributed by atoms with Crippen molar-refractivity contribution < 1.29 is 28.5 Å². The lowest BCUT2D eigenvalue weighted by molar-refractivity contribution is -0.297. The standard InChI is InChI=1S/C22H24O7/c1-14(6-5-11-22(2,3)29-24)9-12-27-21-19-16(10-13-26-19)18(25-4)15-7-8-17(23)28-20(15)21/h5,7-11,13,24H,6,12H2,1-4H3. The van der Waals surface area contributed by atoms with E-state index in [1.807, 2.05) is 19.1 Å². The first-order chi connectivity index (χ1) is 13.9. The molecule has 0 atom stereocenters. The van der Waals surface area contributed by atoms with Crippen molar-refractivity contribution in [2.75, 3.05) is 13.7 Å². The van der Waals surface area contributed by atoms with Gasteiger partial charge in [0, 0.05) is 6.07 Å². The maximum atomic E-state index is 11.8. The van der Waals surface area contributed by atoms with Crippen LogP contribution in [0.2, 0.25) is 0 Å². The zero-order chi connectivity index (χ0) is 21.0. The number of methoxy groups -OCH3 is 1. The molecule has 7 nitrogen and oxygen atoms in total. The van der Waals surface area contributed by atoms with Crippen molar-refractivity contribution in [3.8, 4) is 11.5 Å². The second-order valence-electron chi connectivity index (χ2n) is 7.19. The van der Waals surface area contributed by atoms with Gasteiger partial charge in [-0.1, -0.05) is 17.7 Å². The summed E-state index contributed by atoms with van der Waals surface area (Å²) in [5.74, 6) is 0.915. The Morgan fingerprint density at radius 2 is 1.93 bits per heavy atom. The van der Waals surface area contributed by atoms with Crippen LogP contribution >= 0.6 is 0 Å². The van der Waals surface area contributed by atoms with Crippen LogP contribution in [-0.4, -0.2) is 24.6 Å². The smallest absolute Gasteiger partial charge is 0.336 e. The van der Waals surface area contributed by atoms with Gasteiger partial charge in [0.15, 0.2) is 11.2 Å². The highest BCUT2D eigenvalue weighted by Crippen LogP contribution is 2.42. The molecule has 0 saturated heterocycles. The first-order valence-electron chi connectivity index (χ1n) is 9.16. The van der Waals surface area contributed by atoms with Crippen molar-refractivity contribution in [1.82, 2.24) is 0 Å². The normalized spacial score (nSPS) is 12.9. The fraction of sp³-hybridized carbons (Fsp3) is 0.318. The minimum Gasteiger partial charge on any atom is -0.495 e. The first-order valence-corrected chi connectivity index (χ1v) is 9.16. The van der Waals surface area contributed by atoms with Gasteiger partial charge in [-0.05, 0) is 45.4 Å². The minimum atomic E-state index is -0.735. The monoisotopic (exact) mass is 400 g/mol. The van der Waals surface area contributed by atoms with Gasteiger partial charge in [0.2, 0.25) is 5.75 Å². The molecule has 0 fully saturated rings. The number of furan rings is 1. The second kappa shape index (κ2) is 8.55. The molecule has 2 heterocycles. The Labute approximate surface area is 167 Å². The summed E-state index contributed by atoms with van der Waals surface area (Å²) in [5, 5.41) is 10.2. The van der Waals surface area contributed by atoms with Crippen molar-refractivity contribution in [2.24, 2.45) is 0 Å². The van der Waals surface area contributed by atoms with Gasteiger partial charge in [-0.2, -0.15) is 0 Å². The summed E-state index contributed by atoms with van der Waals surface area (Å²) in [6.45, 7) is 5.73. The van der Waals surface area contributed by atoms with Gasteiger partial charge in [0.05, 0.1) is 24.1 Å². The maximum Gasteiger partial charge on any atom is 0.336 e. The number of ether oxygens (including phenoxy) is 2. The van der Waals surface area contributed by atoms with Crippen LogP contribution in [0.15, 0.2) is 61.9 Å². The van der Waals surface area contributed by atoms with Crippen LogP contribution < -0.4 is 15.1 Å². The molecule has 29 heavy (non-hydrogen) atoms. The van der Waals surface area contributed by atoms with Gasteiger partial charge >= 0.3 is 5.63 Å². The molecular weight excluding hydrogens is 376 g/mol. The van der Waals surface area contributed by atoms with Crippen LogP contribution in [0.4, 0.5) is 0 Å². The quantitative estimate of drug-likeness (QED) is 0.244. The summed E-state index contributed by atoms with van der Waals surface area (Å²) in [6.07, 6.45) is 7.82. The van der Waals surface area contributed by atoms with E-state index in [1.165, 1.54) is 12.3 Å². The molecule has 0 bridgehead atoms. The van der Waals surface area contributed by atoms with Crippen molar-refractivity contribution in [2.45, 2.75) is 32.8 Å². The second-order valence-corrected chi connectivity index (χ2v) is 7.19. The Hall–Kier alpha value is -3.03. The molecule has 7 heteroatoms. The third kappa shape index (κ3) is 4.52. The summed E-state index contributed by atoms with van der Waals surface area (Å²) in [7, 11) is 1.55. The molecule has 1 N–H and O–H groups in total. The van der Waals surface area contributed by atoms with Gasteiger partial charge in [0.1, 0.15) is 18.0 Å². The van der Waals surface area contributed by atoms with Gasteiger partial charge in [-0.15, -0.1) is 0 Å². The summed E-state index contributed by atoms with van der Waals surface area (Å²) in [6, 6.07) is 4.77. The van der Waals surface area contributed by atoms with Crippen molar-refractivity contribution in [3.63, 3.8) is 0 Å². The zero-order valence-corrected chi connectivity index (χ0v) is 16.9. The maximum absolute atomic E-state index is 11.8. The van der Waals surface area contributed by atoms with E-state index in [-0.39, 0.29) is 12.2 Å². The minimum absolute atomic E-state index is 0.259. The molecule has 154 valence electrons. The van der Waals surface area contributed by atoms with Crippen molar-refractivity contribution in [3.05, 3.63) is 58.7 Å². The number of allylic oxidation sites excluding steroid dienone is 2. The van der Waals surface area contributed by atoms with E-state index in [0.717, 1.165) is 11.0 Å². The first kappa shape index (κ1) is 20.7. The lowest BCUT2D eigenvalue weighted by Crippen LogP contribution is -2.18. The van der Waals surface area contributed by atoms with E-state index in [4.69, 9.17) is 23.6 Å². The molecule has 0 unspecified atom stereocenters. The van der Waals surface area contributed by atoms with Crippen LogP contribution in [0.1, 0.15) is 27.2 Å². The molecule has 0 aliphatic rings. The predicted molar refractivity (Wildman–Crippen MR) is 110 cm³/mol. The van der Waals surface area contributed by atoms with Gasteiger partial charge in [0.25, 0.3) is 0 Å². The van der Waals surface area contributed by atoms with Gasteiger partial charge < -0.3 is 18.3 Å². The Kier molecular flexibility index (Phi) is 6.10. The number of rotatable bonds is 8. The van der Waals surface area contributed by atoms with Gasteiger partial charge in [-0.3, -0.25) is 5.26 Å². The molecule has 3 rings (SSSR count). The van der Waals surface area contributed by atoms with E-state index < -0.39 is 11.2 Å². The molecule has 1 aromatic carbocycles. The Balaban J connectivity index is 1.87. The molecule has 2 aromatic heterocycles. The van der Waals surface area contributed by atoms with Gasteiger partial charge in [-0.25, -0.2) is 9.68 Å². The molecule has 0 amide bonds. The SMILES string of the molecule is COc1c2ccoc2c(OCC=C(C)CC=CC(C)(C)OO)c2oc(=O)ccc12. The number of hydrogen-bond acceptors (Lipinski definition) is 7. The largest absolute Gasteiger partial charge is 0.495 e. The Morgan fingerprint density at radius 1 is 1.17 bits per heavy atom. The van der Waals surface area contributed by atoms with Crippen LogP contribution in [0, 0.1) is 0 Å². The highest BCUT2D eigenvalue weighted by Gasteiger charge is 2.20. The number of benzene rings is 1. The van der Waals surface area contributed by atoms with E-state index in [2.05, 4.69) is 4.89 Å². The third-order valence-electron chi connectivity index (χ3n) is 4.46. The van der Waals surface area contributed by atoms with Crippen LogP contribution in [-0.2, 0) is 4.89 Å². The number of fused-ring (bicyclic) bond motifs is 2. The Bertz CT molecular complexity index is 1120. The number of hydrogen-bond donors (Lipinski definition) is 1. The fourth-order valence-electron chi connectivity index (χ4n) is 2.94. The molecule has 0 aliphatic carbocycles. The van der Waals surface area contributed by atoms with E-state index in [1.54, 1.807) is 39.2 Å². The van der Waals surface area contributed by atoms with Crippen LogP contribution in [0.3, 0.4) is 0 Å². The summed E-state index contributed by atoms with van der Waals surface area (Å²) >= 11 is 0. The Morgan fingerprint density at radius 3 is 2.66 bits per heavy atom. The molecule has 0 spiro atoms. The van der Waals surface area contributed by atoms with Crippen LogP contribution in [0.5, 0.6) is 11.5 Å². The molecule has 0 saturated carbocycles. The van der Waals surface area contributed by atoms with Crippen LogP contribution in [0.25, 0.3) is 21.9 Å². The summed E-state index contributed by atoms with van der Waals surface area (Å²) < 4.78 is 22.4. The van der Waals surface area contributed by atoms with E-state index in [9.17, 15) is 4.79 Å². The fourth-order valence-corrected chi connectivity index (χ4v) is 2.94. The molecule has 3 aromatic rings.